The van der Waals surface area contributed by atoms with Crippen LogP contribution in [0.1, 0.15) is 22.3 Å². The zero-order valence-electron chi connectivity index (χ0n) is 18.8. The summed E-state index contributed by atoms with van der Waals surface area (Å²) in [5.41, 5.74) is 2.90. The van der Waals surface area contributed by atoms with Gasteiger partial charge in [-0.1, -0.05) is 47.5 Å². The topological polar surface area (TPSA) is 55.8 Å². The molecule has 180 valence electrons. The van der Waals surface area contributed by atoms with E-state index in [0.29, 0.717) is 28.1 Å². The molecule has 4 rings (SSSR count). The Morgan fingerprint density at radius 2 is 1.89 bits per heavy atom. The number of carbonyl (C=O) groups excluding carboxylic acids is 2. The van der Waals surface area contributed by atoms with Crippen LogP contribution >= 0.6 is 39.3 Å². The first kappa shape index (κ1) is 25.3. The van der Waals surface area contributed by atoms with Crippen molar-refractivity contribution in [2.45, 2.75) is 20.1 Å². The second kappa shape index (κ2) is 10.8. The summed E-state index contributed by atoms with van der Waals surface area (Å²) in [5.74, 6) is -0.104. The highest BCUT2D eigenvalue weighted by Gasteiger charge is 2.36. The molecule has 5 nitrogen and oxygen atoms in total. The molecule has 0 spiro atoms. The van der Waals surface area contributed by atoms with E-state index in [1.54, 1.807) is 18.2 Å². The summed E-state index contributed by atoms with van der Waals surface area (Å²) in [4.78, 5) is 26.6. The number of aryl methyl sites for hydroxylation is 1. The highest BCUT2D eigenvalue weighted by Crippen LogP contribution is 2.40. The van der Waals surface area contributed by atoms with Gasteiger partial charge in [0.1, 0.15) is 12.4 Å². The van der Waals surface area contributed by atoms with E-state index in [1.807, 2.05) is 31.2 Å². The Morgan fingerprint density at radius 1 is 1.14 bits per heavy atom. The number of imide groups is 1. The van der Waals surface area contributed by atoms with Gasteiger partial charge in [0.15, 0.2) is 11.5 Å². The van der Waals surface area contributed by atoms with E-state index in [4.69, 9.17) is 21.1 Å². The van der Waals surface area contributed by atoms with Gasteiger partial charge in [-0.15, -0.1) is 0 Å². The van der Waals surface area contributed by atoms with Crippen LogP contribution in [0.25, 0.3) is 6.08 Å². The average molecular weight is 577 g/mol. The van der Waals surface area contributed by atoms with Gasteiger partial charge in [0.25, 0.3) is 11.1 Å². The first-order chi connectivity index (χ1) is 16.8. The third-order valence-corrected chi connectivity index (χ3v) is 7.16. The number of hydrogen-bond acceptors (Lipinski definition) is 5. The molecule has 0 aromatic heterocycles. The summed E-state index contributed by atoms with van der Waals surface area (Å²) in [6.45, 7) is 2.13. The van der Waals surface area contributed by atoms with Crippen molar-refractivity contribution < 1.29 is 23.5 Å². The van der Waals surface area contributed by atoms with Gasteiger partial charge in [-0.05, 0) is 76.1 Å². The van der Waals surface area contributed by atoms with Crippen LogP contribution in [0.3, 0.4) is 0 Å². The summed E-state index contributed by atoms with van der Waals surface area (Å²) in [5, 5.41) is -0.340. The second-order valence-corrected chi connectivity index (χ2v) is 10.0. The van der Waals surface area contributed by atoms with Crippen molar-refractivity contribution in [2.75, 3.05) is 7.11 Å². The standard InChI is InChI=1S/C26H20BrClFNO4S/c1-15-6-8-16(9-7-15)14-34-24-19(27)10-17(11-22(24)33-2)12-23-25(31)30(26(32)35-23)13-18-20(28)4-3-5-21(18)29/h3-12H,13-14H2,1-2H3/b23-12-. The monoisotopic (exact) mass is 575 g/mol. The number of benzene rings is 3. The molecule has 35 heavy (non-hydrogen) atoms. The first-order valence-electron chi connectivity index (χ1n) is 10.5. The van der Waals surface area contributed by atoms with Crippen LogP contribution in [-0.2, 0) is 17.9 Å². The molecule has 0 unspecified atom stereocenters. The van der Waals surface area contributed by atoms with Gasteiger partial charge in [0.05, 0.1) is 23.0 Å². The number of nitrogens with zero attached hydrogens (tertiary/aromatic N) is 1. The van der Waals surface area contributed by atoms with E-state index in [-0.39, 0.29) is 22.0 Å². The quantitative estimate of drug-likeness (QED) is 0.275. The van der Waals surface area contributed by atoms with Crippen LogP contribution < -0.4 is 9.47 Å². The Morgan fingerprint density at radius 3 is 2.57 bits per heavy atom. The fourth-order valence-corrected chi connectivity index (χ4v) is 5.07. The number of methoxy groups -OCH3 is 1. The summed E-state index contributed by atoms with van der Waals surface area (Å²) in [7, 11) is 1.52. The summed E-state index contributed by atoms with van der Waals surface area (Å²) in [6, 6.07) is 15.7. The minimum absolute atomic E-state index is 0.0946. The van der Waals surface area contributed by atoms with E-state index >= 15 is 0 Å². The van der Waals surface area contributed by atoms with Crippen molar-refractivity contribution in [3.05, 3.63) is 97.1 Å². The SMILES string of the molecule is COc1cc(/C=C2\SC(=O)N(Cc3c(F)cccc3Cl)C2=O)cc(Br)c1OCc1ccc(C)cc1. The fourth-order valence-electron chi connectivity index (χ4n) is 3.43. The highest BCUT2D eigenvalue weighted by atomic mass is 79.9. The molecular formula is C26H20BrClFNO4S. The van der Waals surface area contributed by atoms with E-state index in [1.165, 1.54) is 30.9 Å². The van der Waals surface area contributed by atoms with Crippen molar-refractivity contribution in [3.8, 4) is 11.5 Å². The molecule has 9 heteroatoms. The van der Waals surface area contributed by atoms with Gasteiger partial charge in [0, 0.05) is 10.6 Å². The zero-order valence-corrected chi connectivity index (χ0v) is 22.0. The number of carbonyl (C=O) groups is 2. The molecule has 0 aliphatic carbocycles. The van der Waals surface area contributed by atoms with Crippen LogP contribution in [0, 0.1) is 12.7 Å². The Labute approximate surface area is 220 Å². The lowest BCUT2D eigenvalue weighted by molar-refractivity contribution is -0.123. The van der Waals surface area contributed by atoms with Crippen LogP contribution in [-0.4, -0.2) is 23.2 Å². The largest absolute Gasteiger partial charge is 0.493 e. The predicted molar refractivity (Wildman–Crippen MR) is 139 cm³/mol. The van der Waals surface area contributed by atoms with E-state index in [9.17, 15) is 14.0 Å². The third kappa shape index (κ3) is 5.72. The molecular weight excluding hydrogens is 557 g/mol. The maximum absolute atomic E-state index is 14.2. The number of hydrogen-bond donors (Lipinski definition) is 0. The Kier molecular flexibility index (Phi) is 7.84. The molecule has 2 amide bonds. The predicted octanol–water partition coefficient (Wildman–Crippen LogP) is 7.37. The van der Waals surface area contributed by atoms with Gasteiger partial charge < -0.3 is 9.47 Å². The zero-order chi connectivity index (χ0) is 25.1. The van der Waals surface area contributed by atoms with Crippen molar-refractivity contribution in [1.82, 2.24) is 4.90 Å². The molecule has 3 aromatic carbocycles. The lowest BCUT2D eigenvalue weighted by Crippen LogP contribution is -2.28. The Bertz CT molecular complexity index is 1310. The van der Waals surface area contributed by atoms with Crippen LogP contribution in [0.5, 0.6) is 11.5 Å². The molecule has 0 atom stereocenters. The van der Waals surface area contributed by atoms with Crippen molar-refractivity contribution in [1.29, 1.82) is 0 Å². The highest BCUT2D eigenvalue weighted by molar-refractivity contribution is 9.10. The van der Waals surface area contributed by atoms with Crippen molar-refractivity contribution in [3.63, 3.8) is 0 Å². The molecule has 1 saturated heterocycles. The van der Waals surface area contributed by atoms with Crippen LogP contribution in [0.4, 0.5) is 9.18 Å². The molecule has 0 radical (unpaired) electrons. The minimum Gasteiger partial charge on any atom is -0.493 e. The Balaban J connectivity index is 1.54. The van der Waals surface area contributed by atoms with Gasteiger partial charge in [-0.3, -0.25) is 14.5 Å². The number of thioether (sulfide) groups is 1. The maximum atomic E-state index is 14.2. The molecule has 3 aromatic rings. The van der Waals surface area contributed by atoms with Gasteiger partial charge >= 0.3 is 0 Å². The van der Waals surface area contributed by atoms with E-state index < -0.39 is 17.0 Å². The number of amides is 2. The lowest BCUT2D eigenvalue weighted by Gasteiger charge is -2.14. The minimum atomic E-state index is -0.574. The average Bonchev–Trinajstić information content (AvgIpc) is 3.08. The maximum Gasteiger partial charge on any atom is 0.293 e. The van der Waals surface area contributed by atoms with E-state index in [2.05, 4.69) is 15.9 Å². The number of ether oxygens (including phenoxy) is 2. The van der Waals surface area contributed by atoms with Crippen molar-refractivity contribution >= 4 is 56.5 Å². The summed E-state index contributed by atoms with van der Waals surface area (Å²) < 4.78 is 26.3. The molecule has 0 bridgehead atoms. The molecule has 1 heterocycles. The van der Waals surface area contributed by atoms with Gasteiger partial charge in [0.2, 0.25) is 0 Å². The molecule has 0 saturated carbocycles. The molecule has 1 aliphatic heterocycles. The molecule has 0 N–H and O–H groups in total. The van der Waals surface area contributed by atoms with Gasteiger partial charge in [-0.25, -0.2) is 4.39 Å². The summed E-state index contributed by atoms with van der Waals surface area (Å²) in [6.07, 6.45) is 1.59. The van der Waals surface area contributed by atoms with Gasteiger partial charge in [-0.2, -0.15) is 0 Å². The van der Waals surface area contributed by atoms with Crippen molar-refractivity contribution in [2.24, 2.45) is 0 Å². The number of halogens is 3. The normalized spacial score (nSPS) is 14.7. The number of rotatable bonds is 7. The summed E-state index contributed by atoms with van der Waals surface area (Å²) >= 11 is 10.4. The third-order valence-electron chi connectivity index (χ3n) is 5.30. The second-order valence-electron chi connectivity index (χ2n) is 7.78. The molecule has 1 fully saturated rings. The first-order valence-corrected chi connectivity index (χ1v) is 12.5. The fraction of sp³-hybridized carbons (Fsp3) is 0.154. The van der Waals surface area contributed by atoms with E-state index in [0.717, 1.165) is 22.2 Å². The lowest BCUT2D eigenvalue weighted by atomic mass is 10.1. The molecule has 1 aliphatic rings. The Hall–Kier alpha value is -2.81. The smallest absolute Gasteiger partial charge is 0.293 e. The van der Waals surface area contributed by atoms with Crippen LogP contribution in [0.15, 0.2) is 64.0 Å². The van der Waals surface area contributed by atoms with Crippen LogP contribution in [0.2, 0.25) is 5.02 Å².